The van der Waals surface area contributed by atoms with Gasteiger partial charge in [0.2, 0.25) is 0 Å². The minimum atomic E-state index is -0.441. The lowest BCUT2D eigenvalue weighted by Gasteiger charge is -2.09. The lowest BCUT2D eigenvalue weighted by molar-refractivity contribution is 0.636. The van der Waals surface area contributed by atoms with E-state index in [0.717, 1.165) is 5.56 Å². The molecule has 0 bridgehead atoms. The van der Waals surface area contributed by atoms with Gasteiger partial charge in [-0.05, 0) is 24.6 Å². The van der Waals surface area contributed by atoms with E-state index < -0.39 is 5.82 Å². The zero-order chi connectivity index (χ0) is 14.3. The van der Waals surface area contributed by atoms with E-state index in [1.807, 2.05) is 30.3 Å². The largest absolute Gasteiger partial charge is 0.352 e. The molecule has 3 rings (SSSR count). The Kier molecular flexibility index (Phi) is 3.18. The smallest absolute Gasteiger partial charge is 0.193 e. The molecule has 0 aliphatic carbocycles. The minimum Gasteiger partial charge on any atom is -0.352 e. The van der Waals surface area contributed by atoms with Gasteiger partial charge in [0.15, 0.2) is 5.43 Å². The Balaban J connectivity index is 2.42. The molecule has 3 aromatic rings. The Labute approximate surface area is 123 Å². The zero-order valence-corrected chi connectivity index (χ0v) is 12.3. The fraction of sp³-hybridized carbons (Fsp3) is 0.0625. The third-order valence-corrected chi connectivity index (χ3v) is 3.79. The second-order valence-electron chi connectivity index (χ2n) is 4.63. The second-order valence-corrected chi connectivity index (χ2v) is 5.55. The lowest BCUT2D eigenvalue weighted by atomic mass is 10.0. The SMILES string of the molecule is Cc1c(-c2ccccc2)[nH]c2c(F)cc(Br)cc2c1=O. The summed E-state index contributed by atoms with van der Waals surface area (Å²) in [4.78, 5) is 15.5. The Morgan fingerprint density at radius 1 is 1.15 bits per heavy atom. The molecule has 2 nitrogen and oxygen atoms in total. The molecule has 1 N–H and O–H groups in total. The number of H-pyrrole nitrogens is 1. The highest BCUT2D eigenvalue weighted by molar-refractivity contribution is 9.10. The maximum Gasteiger partial charge on any atom is 0.193 e. The number of aromatic nitrogens is 1. The van der Waals surface area contributed by atoms with Crippen molar-refractivity contribution in [3.63, 3.8) is 0 Å². The molecule has 1 aromatic heterocycles. The molecule has 0 unspecified atom stereocenters. The van der Waals surface area contributed by atoms with E-state index in [1.165, 1.54) is 6.07 Å². The van der Waals surface area contributed by atoms with Crippen LogP contribution in [0.15, 0.2) is 51.7 Å². The van der Waals surface area contributed by atoms with Crippen molar-refractivity contribution in [3.8, 4) is 11.3 Å². The number of aromatic amines is 1. The topological polar surface area (TPSA) is 32.9 Å². The van der Waals surface area contributed by atoms with E-state index >= 15 is 0 Å². The van der Waals surface area contributed by atoms with Gasteiger partial charge >= 0.3 is 0 Å². The summed E-state index contributed by atoms with van der Waals surface area (Å²) in [5.74, 6) is -0.441. The number of pyridine rings is 1. The summed E-state index contributed by atoms with van der Waals surface area (Å²) >= 11 is 3.21. The first-order valence-corrected chi connectivity index (χ1v) is 6.94. The van der Waals surface area contributed by atoms with E-state index in [4.69, 9.17) is 0 Å². The molecule has 2 aromatic carbocycles. The van der Waals surface area contributed by atoms with Gasteiger partial charge in [-0.15, -0.1) is 0 Å². The summed E-state index contributed by atoms with van der Waals surface area (Å²) in [6.45, 7) is 1.75. The molecule has 1 heterocycles. The van der Waals surface area contributed by atoms with Gasteiger partial charge in [0.05, 0.1) is 11.2 Å². The van der Waals surface area contributed by atoms with Crippen LogP contribution in [0.25, 0.3) is 22.2 Å². The van der Waals surface area contributed by atoms with Gasteiger partial charge in [0.25, 0.3) is 0 Å². The summed E-state index contributed by atoms with van der Waals surface area (Å²) in [6, 6.07) is 12.4. The first-order chi connectivity index (χ1) is 9.58. The molecule has 0 fully saturated rings. The van der Waals surface area contributed by atoms with Gasteiger partial charge in [0.1, 0.15) is 5.82 Å². The molecular weight excluding hydrogens is 321 g/mol. The van der Waals surface area contributed by atoms with Crippen LogP contribution in [0.5, 0.6) is 0 Å². The van der Waals surface area contributed by atoms with Crippen molar-refractivity contribution in [1.29, 1.82) is 0 Å². The molecule has 0 spiro atoms. The number of fused-ring (bicyclic) bond motifs is 1. The van der Waals surface area contributed by atoms with Crippen LogP contribution in [0.3, 0.4) is 0 Å². The predicted molar refractivity (Wildman–Crippen MR) is 82.4 cm³/mol. The van der Waals surface area contributed by atoms with Crippen molar-refractivity contribution in [2.24, 2.45) is 0 Å². The molecule has 4 heteroatoms. The molecule has 0 radical (unpaired) electrons. The average molecular weight is 332 g/mol. The fourth-order valence-electron chi connectivity index (χ4n) is 2.31. The van der Waals surface area contributed by atoms with Crippen LogP contribution in [0.4, 0.5) is 4.39 Å². The van der Waals surface area contributed by atoms with Gasteiger partial charge in [-0.25, -0.2) is 4.39 Å². The standard InChI is InChI=1S/C16H11BrFNO/c1-9-14(10-5-3-2-4-6-10)19-15-12(16(9)20)7-11(17)8-13(15)18/h2-8H,1H3,(H,19,20). The summed E-state index contributed by atoms with van der Waals surface area (Å²) in [5.41, 5.74) is 2.19. The van der Waals surface area contributed by atoms with Crippen molar-refractivity contribution < 1.29 is 4.39 Å². The Morgan fingerprint density at radius 3 is 2.55 bits per heavy atom. The van der Waals surface area contributed by atoms with Crippen LogP contribution in [0.1, 0.15) is 5.56 Å². The van der Waals surface area contributed by atoms with E-state index in [0.29, 0.717) is 21.1 Å². The Bertz CT molecular complexity index is 856. The van der Waals surface area contributed by atoms with E-state index in [2.05, 4.69) is 20.9 Å². The number of benzene rings is 2. The molecule has 0 saturated carbocycles. The highest BCUT2D eigenvalue weighted by atomic mass is 79.9. The van der Waals surface area contributed by atoms with Gasteiger partial charge < -0.3 is 4.98 Å². The van der Waals surface area contributed by atoms with Crippen LogP contribution < -0.4 is 5.43 Å². The molecule has 0 aliphatic heterocycles. The Morgan fingerprint density at radius 2 is 1.85 bits per heavy atom. The van der Waals surface area contributed by atoms with Gasteiger partial charge in [0, 0.05) is 15.4 Å². The number of hydrogen-bond acceptors (Lipinski definition) is 1. The molecule has 0 aliphatic rings. The highest BCUT2D eigenvalue weighted by Crippen LogP contribution is 2.25. The average Bonchev–Trinajstić information content (AvgIpc) is 2.44. The summed E-state index contributed by atoms with van der Waals surface area (Å²) in [6.07, 6.45) is 0. The first-order valence-electron chi connectivity index (χ1n) is 6.15. The first kappa shape index (κ1) is 13.1. The quantitative estimate of drug-likeness (QED) is 0.704. The van der Waals surface area contributed by atoms with Gasteiger partial charge in [-0.1, -0.05) is 46.3 Å². The molecule has 0 amide bonds. The van der Waals surface area contributed by atoms with Gasteiger partial charge in [-0.3, -0.25) is 4.79 Å². The van der Waals surface area contributed by atoms with Crippen molar-refractivity contribution in [1.82, 2.24) is 4.98 Å². The summed E-state index contributed by atoms with van der Waals surface area (Å²) in [5, 5.41) is 0.356. The maximum absolute atomic E-state index is 14.1. The van der Waals surface area contributed by atoms with Crippen LogP contribution in [0.2, 0.25) is 0 Å². The van der Waals surface area contributed by atoms with Crippen LogP contribution in [-0.4, -0.2) is 4.98 Å². The monoisotopic (exact) mass is 331 g/mol. The van der Waals surface area contributed by atoms with Crippen LogP contribution >= 0.6 is 15.9 Å². The van der Waals surface area contributed by atoms with Crippen molar-refractivity contribution in [2.45, 2.75) is 6.92 Å². The zero-order valence-electron chi connectivity index (χ0n) is 10.7. The molecule has 20 heavy (non-hydrogen) atoms. The van der Waals surface area contributed by atoms with Crippen molar-refractivity contribution >= 4 is 26.8 Å². The van der Waals surface area contributed by atoms with E-state index in [-0.39, 0.29) is 10.9 Å². The predicted octanol–water partition coefficient (Wildman–Crippen LogP) is 4.41. The number of hydrogen-bond donors (Lipinski definition) is 1. The summed E-state index contributed by atoms with van der Waals surface area (Å²) in [7, 11) is 0. The number of nitrogens with one attached hydrogen (secondary N) is 1. The molecule has 0 saturated heterocycles. The van der Waals surface area contributed by atoms with Crippen LogP contribution in [0, 0.1) is 12.7 Å². The van der Waals surface area contributed by atoms with Crippen molar-refractivity contribution in [2.75, 3.05) is 0 Å². The molecule has 100 valence electrons. The highest BCUT2D eigenvalue weighted by Gasteiger charge is 2.13. The second kappa shape index (κ2) is 4.87. The van der Waals surface area contributed by atoms with E-state index in [9.17, 15) is 9.18 Å². The van der Waals surface area contributed by atoms with Gasteiger partial charge in [-0.2, -0.15) is 0 Å². The van der Waals surface area contributed by atoms with Crippen molar-refractivity contribution in [3.05, 3.63) is 68.5 Å². The Hall–Kier alpha value is -1.94. The van der Waals surface area contributed by atoms with E-state index in [1.54, 1.807) is 13.0 Å². The third kappa shape index (κ3) is 2.06. The number of halogens is 2. The number of rotatable bonds is 1. The minimum absolute atomic E-state index is 0.155. The molecule has 0 atom stereocenters. The lowest BCUT2D eigenvalue weighted by Crippen LogP contribution is -2.10. The summed E-state index contributed by atoms with van der Waals surface area (Å²) < 4.78 is 14.6. The molecular formula is C16H11BrFNO. The fourth-order valence-corrected chi connectivity index (χ4v) is 2.74. The third-order valence-electron chi connectivity index (χ3n) is 3.33. The normalized spacial score (nSPS) is 10.9. The van der Waals surface area contributed by atoms with Crippen LogP contribution in [-0.2, 0) is 0 Å². The maximum atomic E-state index is 14.1.